The van der Waals surface area contributed by atoms with E-state index < -0.39 is 58.8 Å². The van der Waals surface area contributed by atoms with E-state index in [0.29, 0.717) is 40.8 Å². The molecule has 2 amide bonds. The van der Waals surface area contributed by atoms with Crippen LogP contribution >= 0.6 is 11.8 Å². The van der Waals surface area contributed by atoms with Gasteiger partial charge in [-0.3, -0.25) is 19.6 Å². The number of fused-ring (bicyclic) bond motifs is 1. The normalized spacial score (nSPS) is 22.2. The Morgan fingerprint density at radius 1 is 1.08 bits per heavy atom. The summed E-state index contributed by atoms with van der Waals surface area (Å²) in [6, 6.07) is 5.14. The van der Waals surface area contributed by atoms with Gasteiger partial charge in [0, 0.05) is 11.9 Å². The van der Waals surface area contributed by atoms with E-state index >= 15 is 0 Å². The minimum atomic E-state index is -5.12. The van der Waals surface area contributed by atoms with Crippen molar-refractivity contribution in [1.82, 2.24) is 20.4 Å². The summed E-state index contributed by atoms with van der Waals surface area (Å²) in [5.74, 6) is -0.791. The van der Waals surface area contributed by atoms with E-state index in [1.807, 2.05) is 0 Å². The second kappa shape index (κ2) is 9.99. The second-order valence-electron chi connectivity index (χ2n) is 9.19. The number of hydrogen-bond acceptors (Lipinski definition) is 6. The van der Waals surface area contributed by atoms with Crippen LogP contribution in [0.5, 0.6) is 0 Å². The van der Waals surface area contributed by atoms with E-state index in [9.17, 15) is 41.0 Å². The van der Waals surface area contributed by atoms with Crippen LogP contribution in [0.2, 0.25) is 0 Å². The number of aromatic nitrogens is 2. The van der Waals surface area contributed by atoms with Gasteiger partial charge in [-0.25, -0.2) is 0 Å². The molecule has 0 unspecified atom stereocenters. The molecule has 0 aliphatic carbocycles. The van der Waals surface area contributed by atoms with Gasteiger partial charge in [0.1, 0.15) is 0 Å². The molecule has 0 saturated carbocycles. The van der Waals surface area contributed by atoms with Crippen molar-refractivity contribution in [3.05, 3.63) is 69.8 Å². The zero-order valence-corrected chi connectivity index (χ0v) is 20.7. The maximum Gasteiger partial charge on any atom is 0.416 e. The number of amides is 2. The highest BCUT2D eigenvalue weighted by Gasteiger charge is 2.45. The van der Waals surface area contributed by atoms with Crippen LogP contribution in [0.3, 0.4) is 0 Å². The highest BCUT2D eigenvalue weighted by atomic mass is 32.2. The zero-order chi connectivity index (χ0) is 28.1. The fourth-order valence-corrected chi connectivity index (χ4v) is 5.74. The number of alkyl halides is 6. The quantitative estimate of drug-likeness (QED) is 0.303. The number of piperidine rings is 1. The molecule has 206 valence electrons. The molecule has 2 saturated heterocycles. The molecule has 5 rings (SSSR count). The van der Waals surface area contributed by atoms with E-state index in [2.05, 4.69) is 15.5 Å². The van der Waals surface area contributed by atoms with Gasteiger partial charge >= 0.3 is 12.4 Å². The Kier molecular flexibility index (Phi) is 6.97. The maximum atomic E-state index is 13.9. The lowest BCUT2D eigenvalue weighted by Gasteiger charge is -2.33. The summed E-state index contributed by atoms with van der Waals surface area (Å²) < 4.78 is 81.5. The monoisotopic (exact) mass is 570 g/mol. The molecule has 1 aromatic heterocycles. The number of H-pyrrole nitrogens is 1. The van der Waals surface area contributed by atoms with Crippen LogP contribution in [0, 0.1) is 0 Å². The number of aliphatic hydroxyl groups is 1. The Hall–Kier alpha value is -3.36. The summed E-state index contributed by atoms with van der Waals surface area (Å²) in [7, 11) is 0. The summed E-state index contributed by atoms with van der Waals surface area (Å²) in [5.41, 5.74) is -2.52. The third-order valence-electron chi connectivity index (χ3n) is 6.72. The lowest BCUT2D eigenvalue weighted by molar-refractivity contribution is -0.143. The van der Waals surface area contributed by atoms with Crippen molar-refractivity contribution in [3.63, 3.8) is 0 Å². The van der Waals surface area contributed by atoms with Crippen molar-refractivity contribution in [3.8, 4) is 0 Å². The topological polar surface area (TPSA) is 98.3 Å². The minimum Gasteiger partial charge on any atom is -0.391 e. The molecule has 2 aliphatic heterocycles. The molecule has 39 heavy (non-hydrogen) atoms. The second-order valence-corrected chi connectivity index (χ2v) is 10.2. The van der Waals surface area contributed by atoms with E-state index in [0.717, 1.165) is 11.0 Å². The SMILES string of the molecule is O=C1S/C(=C(/Cc2ccc(C(F)(F)F)cc2C(F)(F)F)c2ccc3[nH]ncc3c2)C(=O)N1[C@H]1CNCC[C@@H]1O. The Balaban J connectivity index is 1.65. The number of thioether (sulfide) groups is 1. The lowest BCUT2D eigenvalue weighted by atomic mass is 9.92. The molecule has 0 radical (unpaired) electrons. The highest BCUT2D eigenvalue weighted by molar-refractivity contribution is 8.18. The number of halogens is 6. The largest absolute Gasteiger partial charge is 0.416 e. The van der Waals surface area contributed by atoms with Crippen molar-refractivity contribution in [2.45, 2.75) is 37.3 Å². The van der Waals surface area contributed by atoms with E-state index in [4.69, 9.17) is 0 Å². The first-order valence-electron chi connectivity index (χ1n) is 11.7. The van der Waals surface area contributed by atoms with Crippen LogP contribution in [0.4, 0.5) is 31.1 Å². The van der Waals surface area contributed by atoms with E-state index in [1.165, 1.54) is 12.3 Å². The first-order valence-corrected chi connectivity index (χ1v) is 12.5. The van der Waals surface area contributed by atoms with Gasteiger partial charge in [0.2, 0.25) is 0 Å². The molecule has 2 aliphatic rings. The molecular weight excluding hydrogens is 550 g/mol. The molecular formula is C25H20F6N4O3S. The van der Waals surface area contributed by atoms with Crippen molar-refractivity contribution >= 4 is 39.4 Å². The van der Waals surface area contributed by atoms with Gasteiger partial charge in [0.05, 0.1) is 39.9 Å². The summed E-state index contributed by atoms with van der Waals surface area (Å²) in [4.78, 5) is 27.2. The number of rotatable bonds is 4. The molecule has 7 nitrogen and oxygen atoms in total. The predicted octanol–water partition coefficient (Wildman–Crippen LogP) is 4.97. The van der Waals surface area contributed by atoms with Crippen molar-refractivity contribution < 1.29 is 41.0 Å². The van der Waals surface area contributed by atoms with Crippen LogP contribution in [0.25, 0.3) is 16.5 Å². The van der Waals surface area contributed by atoms with Crippen molar-refractivity contribution in [1.29, 1.82) is 0 Å². The first-order chi connectivity index (χ1) is 18.3. The van der Waals surface area contributed by atoms with Crippen LogP contribution < -0.4 is 5.32 Å². The smallest absolute Gasteiger partial charge is 0.391 e. The number of nitrogens with zero attached hydrogens (tertiary/aromatic N) is 2. The summed E-state index contributed by atoms with van der Waals surface area (Å²) >= 11 is 0.521. The van der Waals surface area contributed by atoms with Gasteiger partial charge in [0.15, 0.2) is 0 Å². The zero-order valence-electron chi connectivity index (χ0n) is 19.9. The summed E-state index contributed by atoms with van der Waals surface area (Å²) in [6.07, 6.45) is -9.94. The lowest BCUT2D eigenvalue weighted by Crippen LogP contribution is -2.55. The fourth-order valence-electron chi connectivity index (χ4n) is 4.75. The Morgan fingerprint density at radius 3 is 2.54 bits per heavy atom. The van der Waals surface area contributed by atoms with Crippen LogP contribution in [0.15, 0.2) is 47.5 Å². The number of imide groups is 1. The maximum absolute atomic E-state index is 13.9. The molecule has 0 spiro atoms. The fraction of sp³-hybridized carbons (Fsp3) is 0.320. The third-order valence-corrected chi connectivity index (χ3v) is 7.71. The molecule has 2 aromatic carbocycles. The van der Waals surface area contributed by atoms with Crippen molar-refractivity contribution in [2.75, 3.05) is 13.1 Å². The molecule has 14 heteroatoms. The number of aromatic amines is 1. The number of benzene rings is 2. The molecule has 3 N–H and O–H groups in total. The summed E-state index contributed by atoms with van der Waals surface area (Å²) in [6.45, 7) is 0.619. The summed E-state index contributed by atoms with van der Waals surface area (Å²) in [5, 5.41) is 19.9. The van der Waals surface area contributed by atoms with Crippen LogP contribution in [-0.2, 0) is 23.6 Å². The number of hydrogen-bond donors (Lipinski definition) is 3. The number of carbonyl (C=O) groups is 2. The highest BCUT2D eigenvalue weighted by Crippen LogP contribution is 2.43. The average molecular weight is 571 g/mol. The molecule has 3 heterocycles. The standard InChI is InChI=1S/C25H20F6N4O3S/c26-24(27,28)15-3-1-13(17(9-15)25(29,30)31)8-16(12-2-4-18-14(7-12)10-33-34-18)21-22(37)35(23(38)39-21)19-11-32-6-5-20(19)36/h1-4,7,9-10,19-20,32,36H,5-6,8,11H2,(H,33,34)/b21-16-/t19-,20-/m0/s1. The Bertz CT molecular complexity index is 1480. The third kappa shape index (κ3) is 5.28. The number of nitrogens with one attached hydrogen (secondary N) is 2. The molecule has 3 aromatic rings. The number of allylic oxidation sites excluding steroid dienone is 1. The average Bonchev–Trinajstić information content (AvgIpc) is 3.45. The van der Waals surface area contributed by atoms with E-state index in [-0.39, 0.29) is 29.5 Å². The van der Waals surface area contributed by atoms with Gasteiger partial charge in [-0.05, 0) is 72.1 Å². The van der Waals surface area contributed by atoms with Gasteiger partial charge < -0.3 is 10.4 Å². The van der Waals surface area contributed by atoms with Gasteiger partial charge in [0.25, 0.3) is 11.1 Å². The molecule has 2 atom stereocenters. The van der Waals surface area contributed by atoms with Gasteiger partial charge in [-0.1, -0.05) is 12.1 Å². The Labute approximate surface area is 221 Å². The number of carbonyl (C=O) groups excluding carboxylic acids is 2. The predicted molar refractivity (Wildman–Crippen MR) is 130 cm³/mol. The van der Waals surface area contributed by atoms with Crippen molar-refractivity contribution in [2.24, 2.45) is 0 Å². The molecule has 0 bridgehead atoms. The first kappa shape index (κ1) is 27.2. The number of aliphatic hydroxyl groups excluding tert-OH is 1. The van der Waals surface area contributed by atoms with Crippen LogP contribution in [-0.4, -0.2) is 56.6 Å². The van der Waals surface area contributed by atoms with Gasteiger partial charge in [-0.15, -0.1) is 0 Å². The van der Waals surface area contributed by atoms with E-state index in [1.54, 1.807) is 12.1 Å². The molecule has 2 fully saturated rings. The van der Waals surface area contributed by atoms with Gasteiger partial charge in [-0.2, -0.15) is 31.4 Å². The Morgan fingerprint density at radius 2 is 1.85 bits per heavy atom. The minimum absolute atomic E-state index is 0.0347. The van der Waals surface area contributed by atoms with Crippen LogP contribution in [0.1, 0.15) is 28.7 Å².